The number of aryl methyl sites for hydroxylation is 1. The van der Waals surface area contributed by atoms with E-state index in [0.29, 0.717) is 17.1 Å². The summed E-state index contributed by atoms with van der Waals surface area (Å²) in [7, 11) is 0. The molecular weight excluding hydrogens is 223 g/mol. The molecule has 0 spiro atoms. The minimum Gasteiger partial charge on any atom is -0.545 e. The van der Waals surface area contributed by atoms with Crippen molar-refractivity contribution in [2.75, 3.05) is 0 Å². The second-order valence-electron chi connectivity index (χ2n) is 3.72. The monoisotopic (exact) mass is 233 g/mol. The molecule has 1 heterocycles. The summed E-state index contributed by atoms with van der Waals surface area (Å²) in [6, 6.07) is 5.66. The van der Waals surface area contributed by atoms with Gasteiger partial charge in [-0.15, -0.1) is 0 Å². The van der Waals surface area contributed by atoms with Crippen molar-refractivity contribution in [2.45, 2.75) is 13.8 Å². The lowest BCUT2D eigenvalue weighted by atomic mass is 10.2. The molecule has 1 aromatic carbocycles. The Bertz CT molecular complexity index is 573. The Morgan fingerprint density at radius 2 is 1.88 bits per heavy atom. The van der Waals surface area contributed by atoms with E-state index in [1.807, 2.05) is 0 Å². The van der Waals surface area contributed by atoms with Gasteiger partial charge in [0, 0.05) is 5.56 Å². The van der Waals surface area contributed by atoms with E-state index < -0.39 is 5.97 Å². The predicted molar refractivity (Wildman–Crippen MR) is 57.3 cm³/mol. The van der Waals surface area contributed by atoms with Crippen LogP contribution >= 0.6 is 0 Å². The Hall–Kier alpha value is -2.17. The van der Waals surface area contributed by atoms with E-state index in [0.717, 1.165) is 0 Å². The van der Waals surface area contributed by atoms with Gasteiger partial charge < -0.3 is 9.90 Å². The van der Waals surface area contributed by atoms with Crippen molar-refractivity contribution < 1.29 is 14.3 Å². The molecule has 0 amide bonds. The molecule has 0 saturated carbocycles. The van der Waals surface area contributed by atoms with Crippen LogP contribution in [-0.2, 0) is 0 Å². The fourth-order valence-corrected chi connectivity index (χ4v) is 1.77. The van der Waals surface area contributed by atoms with Crippen LogP contribution < -0.4 is 5.11 Å². The average molecular weight is 233 g/mol. The molecule has 1 aromatic heterocycles. The topological polar surface area (TPSA) is 58.0 Å². The molecule has 88 valence electrons. The van der Waals surface area contributed by atoms with Crippen LogP contribution in [0.4, 0.5) is 4.39 Å². The van der Waals surface area contributed by atoms with Crippen LogP contribution in [0.2, 0.25) is 0 Å². The molecule has 5 heteroatoms. The number of carbonyl (C=O) groups is 1. The van der Waals surface area contributed by atoms with Crippen molar-refractivity contribution in [3.05, 3.63) is 47.0 Å². The van der Waals surface area contributed by atoms with E-state index in [1.165, 1.54) is 28.9 Å². The quantitative estimate of drug-likeness (QED) is 0.777. The summed E-state index contributed by atoms with van der Waals surface area (Å²) in [4.78, 5) is 10.9. The predicted octanol–water partition coefficient (Wildman–Crippen LogP) is 0.992. The SMILES string of the molecule is Cc1nn(-c2ccc(F)cc2)c(C)c1C(=O)[O-]. The fourth-order valence-electron chi connectivity index (χ4n) is 1.77. The number of nitrogens with zero attached hydrogens (tertiary/aromatic N) is 2. The lowest BCUT2D eigenvalue weighted by Crippen LogP contribution is -2.23. The number of rotatable bonds is 2. The van der Waals surface area contributed by atoms with Gasteiger partial charge in [0.1, 0.15) is 5.82 Å². The molecule has 0 unspecified atom stereocenters. The summed E-state index contributed by atoms with van der Waals surface area (Å²) in [5, 5.41) is 15.0. The highest BCUT2D eigenvalue weighted by molar-refractivity contribution is 5.88. The number of hydrogen-bond donors (Lipinski definition) is 0. The van der Waals surface area contributed by atoms with Gasteiger partial charge in [0.05, 0.1) is 23.0 Å². The van der Waals surface area contributed by atoms with E-state index in [9.17, 15) is 14.3 Å². The highest BCUT2D eigenvalue weighted by Crippen LogP contribution is 2.17. The minimum atomic E-state index is -1.26. The molecule has 0 bridgehead atoms. The van der Waals surface area contributed by atoms with Gasteiger partial charge in [-0.2, -0.15) is 5.10 Å². The third-order valence-electron chi connectivity index (χ3n) is 2.57. The number of hydrogen-bond acceptors (Lipinski definition) is 3. The molecule has 0 aliphatic carbocycles. The molecule has 2 rings (SSSR count). The number of aromatic carboxylic acids is 1. The molecule has 4 nitrogen and oxygen atoms in total. The standard InChI is InChI=1S/C12H11FN2O2/c1-7-11(12(16)17)8(2)15(14-7)10-5-3-9(13)4-6-10/h3-6H,1-2H3,(H,16,17)/p-1. The lowest BCUT2D eigenvalue weighted by molar-refractivity contribution is -0.255. The van der Waals surface area contributed by atoms with E-state index >= 15 is 0 Å². The first-order valence-corrected chi connectivity index (χ1v) is 5.04. The number of aromatic nitrogens is 2. The zero-order chi connectivity index (χ0) is 12.6. The Labute approximate surface area is 97.3 Å². The van der Waals surface area contributed by atoms with Crippen molar-refractivity contribution in [3.8, 4) is 5.69 Å². The van der Waals surface area contributed by atoms with Crippen LogP contribution in [-0.4, -0.2) is 15.7 Å². The van der Waals surface area contributed by atoms with Gasteiger partial charge in [-0.25, -0.2) is 9.07 Å². The first-order chi connectivity index (χ1) is 8.00. The molecule has 2 aromatic rings. The van der Waals surface area contributed by atoms with Crippen molar-refractivity contribution in [2.24, 2.45) is 0 Å². The molecule has 0 radical (unpaired) electrons. The highest BCUT2D eigenvalue weighted by atomic mass is 19.1. The minimum absolute atomic E-state index is 0.0781. The highest BCUT2D eigenvalue weighted by Gasteiger charge is 2.13. The van der Waals surface area contributed by atoms with Gasteiger partial charge in [-0.05, 0) is 38.1 Å². The van der Waals surface area contributed by atoms with Gasteiger partial charge in [0.2, 0.25) is 0 Å². The van der Waals surface area contributed by atoms with Gasteiger partial charge in [-0.1, -0.05) is 0 Å². The summed E-state index contributed by atoms with van der Waals surface area (Å²) in [5.41, 5.74) is 1.54. The van der Waals surface area contributed by atoms with Gasteiger partial charge >= 0.3 is 0 Å². The molecule has 0 atom stereocenters. The second-order valence-corrected chi connectivity index (χ2v) is 3.72. The largest absolute Gasteiger partial charge is 0.545 e. The number of benzene rings is 1. The molecule has 17 heavy (non-hydrogen) atoms. The Morgan fingerprint density at radius 3 is 2.35 bits per heavy atom. The molecular formula is C12H10FN2O2-. The van der Waals surface area contributed by atoms with Gasteiger partial charge in [-0.3, -0.25) is 0 Å². The van der Waals surface area contributed by atoms with Crippen molar-refractivity contribution >= 4 is 5.97 Å². The number of carbonyl (C=O) groups excluding carboxylic acids is 1. The summed E-state index contributed by atoms with van der Waals surface area (Å²) in [5.74, 6) is -1.61. The van der Waals surface area contributed by atoms with E-state index in [-0.39, 0.29) is 11.4 Å². The maximum atomic E-state index is 12.8. The molecule has 0 aliphatic rings. The lowest BCUT2D eigenvalue weighted by Gasteiger charge is -2.05. The Kier molecular flexibility index (Phi) is 2.67. The van der Waals surface area contributed by atoms with Gasteiger partial charge in [0.25, 0.3) is 0 Å². The smallest absolute Gasteiger partial charge is 0.123 e. The Balaban J connectivity index is 2.57. The molecule has 0 saturated heterocycles. The number of carboxylic acids is 1. The number of halogens is 1. The van der Waals surface area contributed by atoms with Crippen molar-refractivity contribution in [1.29, 1.82) is 0 Å². The normalized spacial score (nSPS) is 10.5. The third-order valence-corrected chi connectivity index (χ3v) is 2.57. The Morgan fingerprint density at radius 1 is 1.29 bits per heavy atom. The second kappa shape index (κ2) is 4.01. The maximum absolute atomic E-state index is 12.8. The van der Waals surface area contributed by atoms with Crippen molar-refractivity contribution in [1.82, 2.24) is 9.78 Å². The zero-order valence-electron chi connectivity index (χ0n) is 9.40. The van der Waals surface area contributed by atoms with E-state index in [4.69, 9.17) is 0 Å². The summed E-state index contributed by atoms with van der Waals surface area (Å²) < 4.78 is 14.2. The van der Waals surface area contributed by atoms with Gasteiger partial charge in [0.15, 0.2) is 0 Å². The van der Waals surface area contributed by atoms with Crippen molar-refractivity contribution in [3.63, 3.8) is 0 Å². The van der Waals surface area contributed by atoms with E-state index in [1.54, 1.807) is 13.8 Å². The summed E-state index contributed by atoms with van der Waals surface area (Å²) >= 11 is 0. The average Bonchev–Trinajstić information content (AvgIpc) is 2.55. The maximum Gasteiger partial charge on any atom is 0.123 e. The first-order valence-electron chi connectivity index (χ1n) is 5.04. The molecule has 0 aliphatic heterocycles. The molecule has 0 fully saturated rings. The van der Waals surface area contributed by atoms with E-state index in [2.05, 4.69) is 5.10 Å². The summed E-state index contributed by atoms with van der Waals surface area (Å²) in [6.45, 7) is 3.23. The van der Waals surface area contributed by atoms with Crippen LogP contribution in [0.15, 0.2) is 24.3 Å². The van der Waals surface area contributed by atoms with Crippen LogP contribution in [0, 0.1) is 19.7 Å². The molecule has 0 N–H and O–H groups in total. The number of carboxylic acid groups (broad SMARTS) is 1. The first kappa shape index (κ1) is 11.3. The zero-order valence-corrected chi connectivity index (χ0v) is 9.40. The van der Waals surface area contributed by atoms with Crippen LogP contribution in [0.1, 0.15) is 21.7 Å². The van der Waals surface area contributed by atoms with Crippen LogP contribution in [0.25, 0.3) is 5.69 Å². The fraction of sp³-hybridized carbons (Fsp3) is 0.167. The van der Waals surface area contributed by atoms with Crippen LogP contribution in [0.5, 0.6) is 0 Å². The third kappa shape index (κ3) is 1.91. The summed E-state index contributed by atoms with van der Waals surface area (Å²) in [6.07, 6.45) is 0. The van der Waals surface area contributed by atoms with Crippen LogP contribution in [0.3, 0.4) is 0 Å².